The van der Waals surface area contributed by atoms with Crippen molar-refractivity contribution in [3.05, 3.63) is 0 Å². The Morgan fingerprint density at radius 3 is 2.85 bits per heavy atom. The Morgan fingerprint density at radius 2 is 2.31 bits per heavy atom. The number of aliphatic hydroxyl groups is 2. The predicted octanol–water partition coefficient (Wildman–Crippen LogP) is -1.12. The average Bonchev–Trinajstić information content (AvgIpc) is 2.16. The van der Waals surface area contributed by atoms with Crippen molar-refractivity contribution in [2.75, 3.05) is 26.3 Å². The van der Waals surface area contributed by atoms with Crippen molar-refractivity contribution >= 4 is 5.97 Å². The van der Waals surface area contributed by atoms with Crippen molar-refractivity contribution < 1.29 is 19.7 Å². The zero-order valence-electron chi connectivity index (χ0n) is 7.82. The highest BCUT2D eigenvalue weighted by Crippen LogP contribution is 1.83. The summed E-state index contributed by atoms with van der Waals surface area (Å²) in [5.41, 5.74) is 0. The van der Waals surface area contributed by atoms with Crippen molar-refractivity contribution in [2.24, 2.45) is 0 Å². The molecule has 0 bridgehead atoms. The Kier molecular flexibility index (Phi) is 7.57. The topological polar surface area (TPSA) is 78.8 Å². The minimum atomic E-state index is -0.748. The van der Waals surface area contributed by atoms with Gasteiger partial charge in [-0.3, -0.25) is 4.79 Å². The third-order valence-electron chi connectivity index (χ3n) is 1.42. The van der Waals surface area contributed by atoms with Gasteiger partial charge < -0.3 is 20.3 Å². The van der Waals surface area contributed by atoms with Crippen LogP contribution in [0.1, 0.15) is 13.3 Å². The van der Waals surface area contributed by atoms with Crippen molar-refractivity contribution in [3.63, 3.8) is 0 Å². The molecule has 0 heterocycles. The van der Waals surface area contributed by atoms with Gasteiger partial charge in [-0.05, 0) is 0 Å². The van der Waals surface area contributed by atoms with Crippen LogP contribution in [-0.2, 0) is 9.53 Å². The summed E-state index contributed by atoms with van der Waals surface area (Å²) < 4.78 is 4.76. The number of aliphatic hydroxyl groups excluding tert-OH is 2. The average molecular weight is 191 g/mol. The molecule has 13 heavy (non-hydrogen) atoms. The molecule has 0 rings (SSSR count). The fourth-order valence-corrected chi connectivity index (χ4v) is 0.672. The first-order chi connectivity index (χ1) is 6.20. The fourth-order valence-electron chi connectivity index (χ4n) is 0.672. The highest BCUT2D eigenvalue weighted by atomic mass is 16.5. The van der Waals surface area contributed by atoms with Gasteiger partial charge in [0.05, 0.1) is 12.7 Å². The van der Waals surface area contributed by atoms with Gasteiger partial charge in [0.1, 0.15) is 6.61 Å². The molecule has 0 aliphatic rings. The Hall–Kier alpha value is -0.650. The second-order valence-electron chi connectivity index (χ2n) is 2.61. The van der Waals surface area contributed by atoms with Gasteiger partial charge in [0.25, 0.3) is 0 Å². The number of ether oxygens (including phenoxy) is 1. The molecule has 0 aromatic heterocycles. The molecule has 0 fully saturated rings. The van der Waals surface area contributed by atoms with Gasteiger partial charge in [-0.1, -0.05) is 6.92 Å². The number of esters is 1. The van der Waals surface area contributed by atoms with Crippen molar-refractivity contribution in [3.8, 4) is 0 Å². The van der Waals surface area contributed by atoms with Gasteiger partial charge in [-0.25, -0.2) is 0 Å². The molecule has 0 aromatic carbocycles. The predicted molar refractivity (Wildman–Crippen MR) is 47.2 cm³/mol. The van der Waals surface area contributed by atoms with Gasteiger partial charge in [-0.15, -0.1) is 0 Å². The van der Waals surface area contributed by atoms with E-state index in [2.05, 4.69) is 5.32 Å². The molecule has 0 amide bonds. The molecule has 0 aromatic rings. The lowest BCUT2D eigenvalue weighted by Gasteiger charge is -2.08. The van der Waals surface area contributed by atoms with Gasteiger partial charge in [0.2, 0.25) is 0 Å². The summed E-state index contributed by atoms with van der Waals surface area (Å²) in [5.74, 6) is -0.232. The summed E-state index contributed by atoms with van der Waals surface area (Å²) in [6.45, 7) is 2.56. The van der Waals surface area contributed by atoms with E-state index >= 15 is 0 Å². The van der Waals surface area contributed by atoms with Crippen LogP contribution in [-0.4, -0.2) is 48.6 Å². The van der Waals surface area contributed by atoms with Crippen LogP contribution in [0.25, 0.3) is 0 Å². The van der Waals surface area contributed by atoms with Gasteiger partial charge >= 0.3 is 5.97 Å². The Morgan fingerprint density at radius 1 is 1.62 bits per heavy atom. The molecule has 5 nitrogen and oxygen atoms in total. The maximum absolute atomic E-state index is 10.6. The highest BCUT2D eigenvalue weighted by Gasteiger charge is 2.00. The molecule has 0 aliphatic carbocycles. The first-order valence-corrected chi connectivity index (χ1v) is 4.36. The summed E-state index contributed by atoms with van der Waals surface area (Å²) in [4.78, 5) is 10.6. The van der Waals surface area contributed by atoms with E-state index in [1.165, 1.54) is 0 Å². The molecule has 0 saturated heterocycles. The minimum Gasteiger partial charge on any atom is -0.464 e. The molecule has 1 unspecified atom stereocenters. The van der Waals surface area contributed by atoms with Crippen molar-refractivity contribution in [2.45, 2.75) is 19.4 Å². The van der Waals surface area contributed by atoms with Crippen LogP contribution >= 0.6 is 0 Å². The summed E-state index contributed by atoms with van der Waals surface area (Å²) in [7, 11) is 0. The van der Waals surface area contributed by atoms with Crippen LogP contribution < -0.4 is 5.32 Å². The monoisotopic (exact) mass is 191 g/mol. The number of nitrogens with one attached hydrogen (secondary N) is 1. The van der Waals surface area contributed by atoms with E-state index < -0.39 is 6.10 Å². The number of carbonyl (C=O) groups excluding carboxylic acids is 1. The largest absolute Gasteiger partial charge is 0.464 e. The van der Waals surface area contributed by atoms with E-state index in [0.29, 0.717) is 26.1 Å². The maximum atomic E-state index is 10.6. The van der Waals surface area contributed by atoms with Gasteiger partial charge in [-0.2, -0.15) is 0 Å². The summed E-state index contributed by atoms with van der Waals surface area (Å²) in [6, 6.07) is 0. The minimum absolute atomic E-state index is 0.232. The normalized spacial score (nSPS) is 12.5. The van der Waals surface area contributed by atoms with Gasteiger partial charge in [0, 0.05) is 19.5 Å². The smallest absolute Gasteiger partial charge is 0.305 e. The molecule has 0 aliphatic heterocycles. The first-order valence-electron chi connectivity index (χ1n) is 4.36. The molecular weight excluding hydrogens is 174 g/mol. The molecule has 1 atom stereocenters. The van der Waals surface area contributed by atoms with Crippen LogP contribution in [0.4, 0.5) is 0 Å². The van der Waals surface area contributed by atoms with E-state index in [-0.39, 0.29) is 12.6 Å². The highest BCUT2D eigenvalue weighted by molar-refractivity contribution is 5.68. The number of carbonyl (C=O) groups is 1. The molecule has 0 spiro atoms. The van der Waals surface area contributed by atoms with Crippen LogP contribution in [0.3, 0.4) is 0 Å². The van der Waals surface area contributed by atoms with Crippen molar-refractivity contribution in [1.29, 1.82) is 0 Å². The molecule has 3 N–H and O–H groups in total. The third-order valence-corrected chi connectivity index (χ3v) is 1.42. The molecular formula is C8H17NO4. The van der Waals surface area contributed by atoms with E-state index in [1.807, 2.05) is 0 Å². The van der Waals surface area contributed by atoms with Crippen LogP contribution in [0.15, 0.2) is 0 Å². The van der Waals surface area contributed by atoms with Crippen molar-refractivity contribution in [1.82, 2.24) is 5.32 Å². The summed E-state index contributed by atoms with van der Waals surface area (Å²) in [6.07, 6.45) is -0.374. The Bertz CT molecular complexity index is 140. The maximum Gasteiger partial charge on any atom is 0.305 e. The number of rotatable bonds is 7. The van der Waals surface area contributed by atoms with Crippen LogP contribution in [0.2, 0.25) is 0 Å². The summed E-state index contributed by atoms with van der Waals surface area (Å²) in [5, 5.41) is 20.2. The zero-order chi connectivity index (χ0) is 10.1. The number of hydrogen-bond acceptors (Lipinski definition) is 5. The second-order valence-corrected chi connectivity index (χ2v) is 2.61. The van der Waals surface area contributed by atoms with E-state index in [9.17, 15) is 4.79 Å². The molecule has 78 valence electrons. The van der Waals surface area contributed by atoms with Crippen LogP contribution in [0, 0.1) is 0 Å². The Balaban J connectivity index is 3.12. The standard InChI is InChI=1S/C8H17NO4/c1-2-8(12)13-4-3-9-5-7(11)6-10/h7,9-11H,2-6H2,1H3. The lowest BCUT2D eigenvalue weighted by atomic mass is 10.4. The first kappa shape index (κ1) is 12.3. The van der Waals surface area contributed by atoms with E-state index in [1.54, 1.807) is 6.92 Å². The van der Waals surface area contributed by atoms with E-state index in [4.69, 9.17) is 14.9 Å². The van der Waals surface area contributed by atoms with E-state index in [0.717, 1.165) is 0 Å². The zero-order valence-corrected chi connectivity index (χ0v) is 7.82. The molecule has 5 heteroatoms. The summed E-state index contributed by atoms with van der Waals surface area (Å²) >= 11 is 0. The second kappa shape index (κ2) is 7.97. The molecule has 0 radical (unpaired) electrons. The Labute approximate surface area is 77.7 Å². The lowest BCUT2D eigenvalue weighted by Crippen LogP contribution is -2.31. The lowest BCUT2D eigenvalue weighted by molar-refractivity contribution is -0.143. The quantitative estimate of drug-likeness (QED) is 0.351. The third kappa shape index (κ3) is 7.70. The fraction of sp³-hybridized carbons (Fsp3) is 0.875. The molecule has 0 saturated carbocycles. The van der Waals surface area contributed by atoms with Gasteiger partial charge in [0.15, 0.2) is 0 Å². The van der Waals surface area contributed by atoms with Crippen LogP contribution in [0.5, 0.6) is 0 Å². The number of hydrogen-bond donors (Lipinski definition) is 3. The SMILES string of the molecule is CCC(=O)OCCNCC(O)CO.